The van der Waals surface area contributed by atoms with Gasteiger partial charge in [0.25, 0.3) is 0 Å². The number of benzene rings is 1. The van der Waals surface area contributed by atoms with E-state index >= 15 is 0 Å². The third-order valence-corrected chi connectivity index (χ3v) is 7.76. The van der Waals surface area contributed by atoms with Gasteiger partial charge >= 0.3 is 5.97 Å². The van der Waals surface area contributed by atoms with E-state index in [1.807, 2.05) is 18.7 Å². The molecule has 38 heavy (non-hydrogen) atoms. The fourth-order valence-electron chi connectivity index (χ4n) is 5.66. The lowest BCUT2D eigenvalue weighted by Crippen LogP contribution is -2.34. The van der Waals surface area contributed by atoms with Gasteiger partial charge in [-0.25, -0.2) is 9.37 Å². The molecule has 2 aromatic rings. The van der Waals surface area contributed by atoms with Crippen molar-refractivity contribution in [1.29, 1.82) is 0 Å². The van der Waals surface area contributed by atoms with Crippen LogP contribution in [0.2, 0.25) is 0 Å². The maximum atomic E-state index is 14.8. The molecule has 0 saturated carbocycles. The normalized spacial score (nSPS) is 18.3. The third-order valence-electron chi connectivity index (χ3n) is 7.76. The summed E-state index contributed by atoms with van der Waals surface area (Å²) in [5.41, 5.74) is 4.97. The molecule has 1 unspecified atom stereocenters. The highest BCUT2D eigenvalue weighted by Gasteiger charge is 2.36. The molecule has 0 radical (unpaired) electrons. The predicted octanol–water partition coefficient (Wildman–Crippen LogP) is 5.65. The molecular formula is C30H42FN3O4. The van der Waals surface area contributed by atoms with Gasteiger partial charge in [0.15, 0.2) is 11.6 Å². The molecule has 0 aliphatic carbocycles. The molecule has 0 spiro atoms. The summed E-state index contributed by atoms with van der Waals surface area (Å²) in [4.78, 5) is 19.0. The van der Waals surface area contributed by atoms with Gasteiger partial charge in [-0.1, -0.05) is 20.3 Å². The van der Waals surface area contributed by atoms with Crippen LogP contribution < -0.4 is 10.1 Å². The van der Waals surface area contributed by atoms with Crippen molar-refractivity contribution >= 4 is 11.8 Å². The van der Waals surface area contributed by atoms with E-state index in [1.54, 1.807) is 6.07 Å². The van der Waals surface area contributed by atoms with E-state index in [4.69, 9.17) is 14.5 Å². The van der Waals surface area contributed by atoms with Crippen LogP contribution >= 0.6 is 0 Å². The van der Waals surface area contributed by atoms with Crippen molar-refractivity contribution in [3.8, 4) is 5.75 Å². The van der Waals surface area contributed by atoms with E-state index in [9.17, 15) is 14.3 Å². The van der Waals surface area contributed by atoms with Crippen molar-refractivity contribution in [3.63, 3.8) is 0 Å². The number of aliphatic carboxylic acids is 1. The van der Waals surface area contributed by atoms with E-state index in [2.05, 4.69) is 18.3 Å². The van der Waals surface area contributed by atoms with Crippen molar-refractivity contribution in [2.45, 2.75) is 83.8 Å². The first-order valence-corrected chi connectivity index (χ1v) is 14.0. The van der Waals surface area contributed by atoms with E-state index in [0.29, 0.717) is 25.3 Å². The monoisotopic (exact) mass is 527 g/mol. The van der Waals surface area contributed by atoms with Gasteiger partial charge in [0, 0.05) is 37.5 Å². The number of halogens is 1. The number of nitrogens with zero attached hydrogens (tertiary/aromatic N) is 2. The predicted molar refractivity (Wildman–Crippen MR) is 147 cm³/mol. The summed E-state index contributed by atoms with van der Waals surface area (Å²) < 4.78 is 26.2. The summed E-state index contributed by atoms with van der Waals surface area (Å²) in [6.45, 7) is 8.83. The van der Waals surface area contributed by atoms with Crippen LogP contribution in [0.15, 0.2) is 18.2 Å². The average molecular weight is 528 g/mol. The van der Waals surface area contributed by atoms with E-state index in [-0.39, 0.29) is 17.8 Å². The molecule has 8 heteroatoms. The lowest BCUT2D eigenvalue weighted by molar-refractivity contribution is -0.143. The number of unbranched alkanes of at least 4 members (excludes halogenated alkanes) is 2. The van der Waals surface area contributed by atoms with Gasteiger partial charge in [-0.15, -0.1) is 0 Å². The highest BCUT2D eigenvalue weighted by molar-refractivity contribution is 5.77. The minimum absolute atomic E-state index is 0.00515. The summed E-state index contributed by atoms with van der Waals surface area (Å²) in [6.07, 6.45) is 7.03. The van der Waals surface area contributed by atoms with Gasteiger partial charge in [0.2, 0.25) is 0 Å². The lowest BCUT2D eigenvalue weighted by atomic mass is 9.95. The first kappa shape index (κ1) is 28.3. The minimum atomic E-state index is -1.01. The lowest BCUT2D eigenvalue weighted by Gasteiger charge is -2.27. The minimum Gasteiger partial charge on any atom is -0.493 e. The quantitative estimate of drug-likeness (QED) is 0.345. The molecule has 0 bridgehead atoms. The largest absolute Gasteiger partial charge is 0.493 e. The Hall–Kier alpha value is -2.71. The molecule has 3 heterocycles. The number of anilines is 1. The molecule has 2 N–H and O–H groups in total. The summed E-state index contributed by atoms with van der Waals surface area (Å²) >= 11 is 0. The van der Waals surface area contributed by atoms with Crippen LogP contribution in [0.3, 0.4) is 0 Å². The number of likely N-dealkylation sites (tertiary alicyclic amines) is 1. The zero-order chi connectivity index (χ0) is 27.2. The van der Waals surface area contributed by atoms with Crippen molar-refractivity contribution in [2.75, 3.05) is 38.7 Å². The molecule has 1 saturated heterocycles. The van der Waals surface area contributed by atoms with Crippen molar-refractivity contribution < 1.29 is 23.8 Å². The highest BCUT2D eigenvalue weighted by atomic mass is 19.1. The molecule has 7 nitrogen and oxygen atoms in total. The molecule has 2 aliphatic rings. The number of carbonyl (C=O) groups is 1. The molecule has 2 aliphatic heterocycles. The molecule has 1 aromatic heterocycles. The second-order valence-corrected chi connectivity index (χ2v) is 10.9. The zero-order valence-electron chi connectivity index (χ0n) is 23.2. The van der Waals surface area contributed by atoms with Crippen LogP contribution in [-0.2, 0) is 22.4 Å². The molecule has 0 amide bonds. The second kappa shape index (κ2) is 12.9. The summed E-state index contributed by atoms with van der Waals surface area (Å²) in [7, 11) is 1.38. The Morgan fingerprint density at radius 3 is 2.82 bits per heavy atom. The number of carboxylic acids is 1. The van der Waals surface area contributed by atoms with Crippen molar-refractivity contribution in [1.82, 2.24) is 9.88 Å². The van der Waals surface area contributed by atoms with E-state index in [1.165, 1.54) is 30.7 Å². The standard InChI is InChI=1S/C30H42FN3O4/c1-19(2)21-16-25(28(37-4)26(31)17-21)27(30(35)36)34-13-11-23(18-34)38-14-7-5-6-9-22-15-20(3)24-10-8-12-32-29(24)33-22/h15-17,19,23,27H,5-14,18H2,1-4H3,(H,32,33)(H,35,36)/t23-,27?/m1/s1. The first-order valence-electron chi connectivity index (χ1n) is 14.0. The SMILES string of the molecule is COc1c(F)cc(C(C)C)cc1C(C(=O)O)N1CC[C@@H](OCCCCCc2cc(C)c3c(n2)NCCC3)C1. The molecule has 1 aromatic carbocycles. The maximum Gasteiger partial charge on any atom is 0.325 e. The number of ether oxygens (including phenoxy) is 2. The Morgan fingerprint density at radius 1 is 1.26 bits per heavy atom. The van der Waals surface area contributed by atoms with E-state index < -0.39 is 17.8 Å². The number of rotatable bonds is 12. The number of carboxylic acid groups (broad SMARTS) is 1. The van der Waals surface area contributed by atoms with Crippen molar-refractivity contribution in [3.05, 3.63) is 52.0 Å². The van der Waals surface area contributed by atoms with Gasteiger partial charge in [0.05, 0.1) is 13.2 Å². The van der Waals surface area contributed by atoms with Crippen LogP contribution in [0.25, 0.3) is 0 Å². The van der Waals surface area contributed by atoms with Crippen LogP contribution in [0.4, 0.5) is 10.2 Å². The van der Waals surface area contributed by atoms with Crippen LogP contribution in [-0.4, -0.2) is 60.4 Å². The second-order valence-electron chi connectivity index (χ2n) is 10.9. The molecule has 208 valence electrons. The van der Waals surface area contributed by atoms with Gasteiger partial charge in [-0.2, -0.15) is 0 Å². The number of pyridine rings is 1. The Labute approximate surface area is 225 Å². The Kier molecular flexibility index (Phi) is 9.60. The fourth-order valence-corrected chi connectivity index (χ4v) is 5.66. The van der Waals surface area contributed by atoms with Gasteiger partial charge in [-0.3, -0.25) is 9.69 Å². The number of hydrogen-bond donors (Lipinski definition) is 2. The van der Waals surface area contributed by atoms with Gasteiger partial charge in [0.1, 0.15) is 11.9 Å². The first-order chi connectivity index (χ1) is 18.3. The number of methoxy groups -OCH3 is 1. The third kappa shape index (κ3) is 6.64. The summed E-state index contributed by atoms with van der Waals surface area (Å²) in [6, 6.07) is 4.45. The van der Waals surface area contributed by atoms with Crippen LogP contribution in [0, 0.1) is 12.7 Å². The Bertz CT molecular complexity index is 1120. The summed E-state index contributed by atoms with van der Waals surface area (Å²) in [5.74, 6) is -0.390. The maximum absolute atomic E-state index is 14.8. The average Bonchev–Trinajstić information content (AvgIpc) is 3.34. The number of aromatic nitrogens is 1. The molecule has 1 fully saturated rings. The summed E-state index contributed by atoms with van der Waals surface area (Å²) in [5, 5.41) is 13.5. The molecule has 4 rings (SSSR count). The molecular weight excluding hydrogens is 485 g/mol. The van der Waals surface area contributed by atoms with Crippen LogP contribution in [0.5, 0.6) is 5.75 Å². The van der Waals surface area contributed by atoms with Crippen molar-refractivity contribution in [2.24, 2.45) is 0 Å². The van der Waals surface area contributed by atoms with Gasteiger partial charge < -0.3 is 19.9 Å². The fraction of sp³-hybridized carbons (Fsp3) is 0.600. The zero-order valence-corrected chi connectivity index (χ0v) is 23.2. The van der Waals surface area contributed by atoms with Gasteiger partial charge in [-0.05, 0) is 86.3 Å². The Morgan fingerprint density at radius 2 is 2.08 bits per heavy atom. The van der Waals surface area contributed by atoms with E-state index in [0.717, 1.165) is 62.1 Å². The van der Waals surface area contributed by atoms with Crippen LogP contribution in [0.1, 0.15) is 85.9 Å². The topological polar surface area (TPSA) is 83.9 Å². The molecule has 2 atom stereocenters. The highest BCUT2D eigenvalue weighted by Crippen LogP contribution is 2.37. The smallest absolute Gasteiger partial charge is 0.325 e. The number of fused-ring (bicyclic) bond motifs is 1. The Balaban J connectivity index is 1.26. The number of aryl methyl sites for hydroxylation is 2. The number of hydrogen-bond acceptors (Lipinski definition) is 6. The number of nitrogens with one attached hydrogen (secondary N) is 1.